The highest BCUT2D eigenvalue weighted by Gasteiger charge is 2.15. The van der Waals surface area contributed by atoms with E-state index in [1.807, 2.05) is 0 Å². The average molecular weight is 316 g/mol. The molecule has 0 spiro atoms. The molecule has 2 aromatic rings. The second-order valence-electron chi connectivity index (χ2n) is 3.51. The van der Waals surface area contributed by atoms with E-state index < -0.39 is 10.0 Å². The minimum atomic E-state index is -3.48. The fourth-order valence-electron chi connectivity index (χ4n) is 1.35. The molecule has 0 aliphatic rings. The van der Waals surface area contributed by atoms with Crippen LogP contribution < -0.4 is 10.5 Å². The van der Waals surface area contributed by atoms with E-state index in [0.717, 1.165) is 0 Å². The zero-order valence-corrected chi connectivity index (χ0v) is 12.5. The van der Waals surface area contributed by atoms with Gasteiger partial charge in [-0.25, -0.2) is 18.1 Å². The van der Waals surface area contributed by atoms with E-state index in [1.54, 1.807) is 19.1 Å². The van der Waals surface area contributed by atoms with Crippen molar-refractivity contribution < 1.29 is 8.42 Å². The second-order valence-corrected chi connectivity index (χ2v) is 7.35. The first-order valence-electron chi connectivity index (χ1n) is 5.36. The van der Waals surface area contributed by atoms with Gasteiger partial charge in [0.2, 0.25) is 10.0 Å². The summed E-state index contributed by atoms with van der Waals surface area (Å²) in [5, 5.41) is 0. The quantitative estimate of drug-likeness (QED) is 0.813. The van der Waals surface area contributed by atoms with Crippen LogP contribution >= 0.6 is 23.3 Å². The van der Waals surface area contributed by atoms with E-state index in [0.29, 0.717) is 21.5 Å². The van der Waals surface area contributed by atoms with Crippen LogP contribution in [0.1, 0.15) is 6.92 Å². The molecule has 0 radical (unpaired) electrons. The number of hydrogen-bond acceptors (Lipinski definition) is 7. The monoisotopic (exact) mass is 316 g/mol. The molecule has 0 aliphatic carbocycles. The van der Waals surface area contributed by atoms with Crippen molar-refractivity contribution >= 4 is 39.0 Å². The zero-order chi connectivity index (χ0) is 13.9. The van der Waals surface area contributed by atoms with Crippen molar-refractivity contribution in [2.45, 2.75) is 21.1 Å². The van der Waals surface area contributed by atoms with E-state index >= 15 is 0 Å². The Morgan fingerprint density at radius 2 is 2.26 bits per heavy atom. The third kappa shape index (κ3) is 3.44. The standard InChI is InChI=1S/C10H12N4O2S3/c1-2-14-19(15,16)7-3-4-8(11)9(5-7)17-10-12-6-13-18-10/h3-6,14H,2,11H2,1H3. The Morgan fingerprint density at radius 3 is 2.89 bits per heavy atom. The Hall–Kier alpha value is -1.16. The molecule has 0 fully saturated rings. The molecule has 0 atom stereocenters. The molecular formula is C10H12N4O2S3. The normalized spacial score (nSPS) is 11.6. The van der Waals surface area contributed by atoms with E-state index in [4.69, 9.17) is 5.73 Å². The fourth-order valence-corrected chi connectivity index (χ4v) is 3.97. The fraction of sp³-hybridized carbons (Fsp3) is 0.200. The van der Waals surface area contributed by atoms with Gasteiger partial charge in [0.15, 0.2) is 4.34 Å². The molecule has 3 N–H and O–H groups in total. The number of rotatable bonds is 5. The van der Waals surface area contributed by atoms with Crippen molar-refractivity contribution in [2.24, 2.45) is 0 Å². The largest absolute Gasteiger partial charge is 0.398 e. The van der Waals surface area contributed by atoms with Crippen molar-refractivity contribution in [1.82, 2.24) is 14.1 Å². The van der Waals surface area contributed by atoms with Gasteiger partial charge in [-0.2, -0.15) is 4.37 Å². The number of anilines is 1. The lowest BCUT2D eigenvalue weighted by atomic mass is 10.3. The molecule has 0 saturated carbocycles. The summed E-state index contributed by atoms with van der Waals surface area (Å²) in [6, 6.07) is 4.60. The summed E-state index contributed by atoms with van der Waals surface area (Å²) >= 11 is 2.53. The molecule has 19 heavy (non-hydrogen) atoms. The SMILES string of the molecule is CCNS(=O)(=O)c1ccc(N)c(Sc2ncns2)c1. The van der Waals surface area contributed by atoms with Gasteiger partial charge in [-0.15, -0.1) is 0 Å². The summed E-state index contributed by atoms with van der Waals surface area (Å²) in [6.07, 6.45) is 1.45. The smallest absolute Gasteiger partial charge is 0.240 e. The van der Waals surface area contributed by atoms with Crippen molar-refractivity contribution in [3.05, 3.63) is 24.5 Å². The highest BCUT2D eigenvalue weighted by molar-refractivity contribution is 8.01. The molecular weight excluding hydrogens is 304 g/mol. The molecule has 1 aromatic carbocycles. The van der Waals surface area contributed by atoms with E-state index in [-0.39, 0.29) is 4.90 Å². The Morgan fingerprint density at radius 1 is 1.47 bits per heavy atom. The molecule has 9 heteroatoms. The molecule has 0 saturated heterocycles. The van der Waals surface area contributed by atoms with Crippen LogP contribution in [0.5, 0.6) is 0 Å². The lowest BCUT2D eigenvalue weighted by Crippen LogP contribution is -2.23. The molecule has 1 heterocycles. The van der Waals surface area contributed by atoms with Crippen molar-refractivity contribution in [3.63, 3.8) is 0 Å². The minimum absolute atomic E-state index is 0.190. The summed E-state index contributed by atoms with van der Waals surface area (Å²) in [7, 11) is -3.48. The first kappa shape index (κ1) is 14.3. The maximum atomic E-state index is 11.9. The topological polar surface area (TPSA) is 98.0 Å². The molecule has 0 bridgehead atoms. The Kier molecular flexibility index (Phi) is 4.40. The molecule has 6 nitrogen and oxygen atoms in total. The minimum Gasteiger partial charge on any atom is -0.398 e. The third-order valence-electron chi connectivity index (χ3n) is 2.17. The van der Waals surface area contributed by atoms with Crippen LogP contribution in [-0.2, 0) is 10.0 Å². The maximum Gasteiger partial charge on any atom is 0.240 e. The van der Waals surface area contributed by atoms with Gasteiger partial charge in [-0.1, -0.05) is 18.7 Å². The Labute approximate surface area is 119 Å². The van der Waals surface area contributed by atoms with Crippen LogP contribution in [0.3, 0.4) is 0 Å². The van der Waals surface area contributed by atoms with Crippen LogP contribution in [0.2, 0.25) is 0 Å². The van der Waals surface area contributed by atoms with Crippen LogP contribution in [0.15, 0.2) is 38.7 Å². The summed E-state index contributed by atoms with van der Waals surface area (Å²) in [6.45, 7) is 2.07. The van der Waals surface area contributed by atoms with E-state index in [1.165, 1.54) is 35.7 Å². The lowest BCUT2D eigenvalue weighted by molar-refractivity contribution is 0.583. The molecule has 102 valence electrons. The van der Waals surface area contributed by atoms with Gasteiger partial charge in [0.25, 0.3) is 0 Å². The average Bonchev–Trinajstić information content (AvgIpc) is 2.84. The van der Waals surface area contributed by atoms with Gasteiger partial charge in [0.05, 0.1) is 4.90 Å². The summed E-state index contributed by atoms with van der Waals surface area (Å²) in [5.41, 5.74) is 6.35. The Bertz CT molecular complexity index is 655. The van der Waals surface area contributed by atoms with Crippen LogP contribution in [0.25, 0.3) is 0 Å². The van der Waals surface area contributed by atoms with E-state index in [9.17, 15) is 8.42 Å². The first-order valence-corrected chi connectivity index (χ1v) is 8.44. The van der Waals surface area contributed by atoms with Gasteiger partial charge in [-0.3, -0.25) is 0 Å². The number of hydrogen-bond donors (Lipinski definition) is 2. The Balaban J connectivity index is 2.35. The second kappa shape index (κ2) is 5.87. The van der Waals surface area contributed by atoms with Crippen LogP contribution in [0, 0.1) is 0 Å². The predicted molar refractivity (Wildman–Crippen MR) is 75.7 cm³/mol. The van der Waals surface area contributed by atoms with Crippen molar-refractivity contribution in [2.75, 3.05) is 12.3 Å². The summed E-state index contributed by atoms with van der Waals surface area (Å²) in [5.74, 6) is 0. The highest BCUT2D eigenvalue weighted by Crippen LogP contribution is 2.33. The highest BCUT2D eigenvalue weighted by atomic mass is 32.2. The summed E-state index contributed by atoms with van der Waals surface area (Å²) in [4.78, 5) is 4.87. The number of nitrogens with zero attached hydrogens (tertiary/aromatic N) is 2. The number of benzene rings is 1. The molecule has 0 unspecified atom stereocenters. The number of nitrogens with two attached hydrogens (primary N) is 1. The number of aromatic nitrogens is 2. The van der Waals surface area contributed by atoms with Crippen LogP contribution in [0.4, 0.5) is 5.69 Å². The van der Waals surface area contributed by atoms with Gasteiger partial charge in [0.1, 0.15) is 6.33 Å². The maximum absolute atomic E-state index is 11.9. The number of sulfonamides is 1. The van der Waals surface area contributed by atoms with Gasteiger partial charge in [0, 0.05) is 17.1 Å². The van der Waals surface area contributed by atoms with Gasteiger partial charge in [-0.05, 0) is 29.7 Å². The van der Waals surface area contributed by atoms with Crippen molar-refractivity contribution in [3.8, 4) is 0 Å². The van der Waals surface area contributed by atoms with Gasteiger partial charge < -0.3 is 5.73 Å². The zero-order valence-electron chi connectivity index (χ0n) is 10.0. The lowest BCUT2D eigenvalue weighted by Gasteiger charge is -2.08. The molecule has 2 rings (SSSR count). The third-order valence-corrected chi connectivity index (χ3v) is 5.50. The summed E-state index contributed by atoms with van der Waals surface area (Å²) < 4.78 is 30.9. The van der Waals surface area contributed by atoms with Crippen LogP contribution in [-0.4, -0.2) is 24.3 Å². The molecule has 1 aromatic heterocycles. The first-order chi connectivity index (χ1) is 9.03. The van der Waals surface area contributed by atoms with Gasteiger partial charge >= 0.3 is 0 Å². The number of nitrogen functional groups attached to an aromatic ring is 1. The predicted octanol–water partition coefficient (Wildman–Crippen LogP) is 1.57. The molecule has 0 amide bonds. The number of nitrogens with one attached hydrogen (secondary N) is 1. The molecule has 0 aliphatic heterocycles. The van der Waals surface area contributed by atoms with Crippen molar-refractivity contribution in [1.29, 1.82) is 0 Å². The van der Waals surface area contributed by atoms with E-state index in [2.05, 4.69) is 14.1 Å².